The van der Waals surface area contributed by atoms with Gasteiger partial charge < -0.3 is 41.2 Å². The molecular formula is C16H24N7O9P. The number of phosphoric acid groups is 1. The maximum atomic E-state index is 12.7. The smallest absolute Gasteiger partial charge is 0.453 e. The molecule has 17 heteroatoms. The Labute approximate surface area is 186 Å². The number of rotatable bonds is 8. The molecule has 0 saturated carbocycles. The first-order chi connectivity index (χ1) is 15.4. The van der Waals surface area contributed by atoms with Crippen LogP contribution in [-0.4, -0.2) is 83.3 Å². The number of nitrogens with zero attached hydrogens (tertiary/aromatic N) is 4. The van der Waals surface area contributed by atoms with E-state index in [0.717, 1.165) is 6.33 Å². The maximum Gasteiger partial charge on any atom is 0.470 e. The fourth-order valence-electron chi connectivity index (χ4n) is 3.19. The summed E-state index contributed by atoms with van der Waals surface area (Å²) in [5, 5.41) is 12.1. The van der Waals surface area contributed by atoms with Crippen LogP contribution in [-0.2, 0) is 28.2 Å². The highest BCUT2D eigenvalue weighted by atomic mass is 31.2. The van der Waals surface area contributed by atoms with E-state index >= 15 is 0 Å². The number of carbonyl (C=O) groups excluding carboxylic acids is 2. The van der Waals surface area contributed by atoms with E-state index in [0.29, 0.717) is 0 Å². The van der Waals surface area contributed by atoms with Crippen molar-refractivity contribution in [1.29, 1.82) is 0 Å². The molecule has 0 spiro atoms. The average Bonchev–Trinajstić information content (AvgIpc) is 3.29. The number of anilines is 1. The molecule has 1 unspecified atom stereocenters. The highest BCUT2D eigenvalue weighted by Crippen LogP contribution is 2.45. The Morgan fingerprint density at radius 2 is 2.00 bits per heavy atom. The van der Waals surface area contributed by atoms with Crippen molar-refractivity contribution in [2.45, 2.75) is 50.5 Å². The molecule has 1 aliphatic rings. The molecule has 0 aliphatic carbocycles. The largest absolute Gasteiger partial charge is 0.470 e. The van der Waals surface area contributed by atoms with Crippen LogP contribution in [0.3, 0.4) is 0 Å². The zero-order valence-corrected chi connectivity index (χ0v) is 18.4. The number of amides is 1. The zero-order chi connectivity index (χ0) is 24.5. The molecule has 1 amide bonds. The van der Waals surface area contributed by atoms with Gasteiger partial charge in [-0.05, 0) is 13.8 Å². The number of aliphatic hydroxyl groups excluding tert-OH is 1. The number of hydrogen-bond donors (Lipinski definition) is 6. The predicted molar refractivity (Wildman–Crippen MR) is 109 cm³/mol. The van der Waals surface area contributed by atoms with Gasteiger partial charge in [-0.2, -0.15) is 0 Å². The van der Waals surface area contributed by atoms with Crippen molar-refractivity contribution in [1.82, 2.24) is 24.8 Å². The van der Waals surface area contributed by atoms with Gasteiger partial charge in [0, 0.05) is 0 Å². The first kappa shape index (κ1) is 24.9. The topological polar surface area (TPSA) is 247 Å². The van der Waals surface area contributed by atoms with Crippen LogP contribution in [0.25, 0.3) is 11.2 Å². The summed E-state index contributed by atoms with van der Waals surface area (Å²) in [6.07, 6.45) is -3.26. The molecule has 8 N–H and O–H groups in total. The number of nitrogen functional groups attached to an aromatic ring is 1. The third-order valence-electron chi connectivity index (χ3n) is 4.76. The zero-order valence-electron chi connectivity index (χ0n) is 17.5. The third kappa shape index (κ3) is 5.44. The molecule has 0 radical (unpaired) electrons. The lowest BCUT2D eigenvalue weighted by atomic mass is 10.1. The van der Waals surface area contributed by atoms with Crippen molar-refractivity contribution in [2.75, 3.05) is 12.3 Å². The molecule has 6 atom stereocenters. The second kappa shape index (κ2) is 9.64. The molecule has 2 aromatic rings. The van der Waals surface area contributed by atoms with Gasteiger partial charge in [0.25, 0.3) is 0 Å². The summed E-state index contributed by atoms with van der Waals surface area (Å²) in [6.45, 7) is 2.02. The Kier molecular flexibility index (Phi) is 7.28. The normalized spacial score (nSPS) is 25.0. The van der Waals surface area contributed by atoms with Crippen molar-refractivity contribution in [2.24, 2.45) is 5.73 Å². The highest BCUT2D eigenvalue weighted by molar-refractivity contribution is 7.46. The quantitative estimate of drug-likeness (QED) is 0.166. The summed E-state index contributed by atoms with van der Waals surface area (Å²) in [7, 11) is -5.10. The van der Waals surface area contributed by atoms with Crippen LogP contribution in [0, 0.1) is 0 Å². The lowest BCUT2D eigenvalue weighted by molar-refractivity contribution is -0.161. The molecule has 33 heavy (non-hydrogen) atoms. The minimum atomic E-state index is -5.10. The van der Waals surface area contributed by atoms with E-state index in [9.17, 15) is 29.0 Å². The van der Waals surface area contributed by atoms with Gasteiger partial charge in [0.05, 0.1) is 19.0 Å². The van der Waals surface area contributed by atoms with Gasteiger partial charge >= 0.3 is 13.8 Å². The Morgan fingerprint density at radius 1 is 1.30 bits per heavy atom. The highest BCUT2D eigenvalue weighted by Gasteiger charge is 2.52. The molecule has 1 aliphatic heterocycles. The van der Waals surface area contributed by atoms with Crippen molar-refractivity contribution in [3.63, 3.8) is 0 Å². The van der Waals surface area contributed by atoms with Crippen LogP contribution < -0.4 is 16.8 Å². The second-order valence-corrected chi connectivity index (χ2v) is 8.50. The fourth-order valence-corrected chi connectivity index (χ4v) is 3.76. The number of nitrogens with one attached hydrogen (secondary N) is 1. The molecule has 0 bridgehead atoms. The number of hydrogen-bond acceptors (Lipinski definition) is 12. The van der Waals surface area contributed by atoms with E-state index in [4.69, 9.17) is 25.5 Å². The molecule has 1 fully saturated rings. The summed E-state index contributed by atoms with van der Waals surface area (Å²) in [5.74, 6) is -1.54. The van der Waals surface area contributed by atoms with Gasteiger partial charge in [0.1, 0.15) is 30.1 Å². The molecule has 182 valence electrons. The molecule has 1 saturated heterocycles. The number of phosphoric ester groups is 1. The van der Waals surface area contributed by atoms with E-state index in [1.807, 2.05) is 0 Å². The van der Waals surface area contributed by atoms with E-state index < -0.39 is 62.9 Å². The Bertz CT molecular complexity index is 1070. The number of aromatic nitrogens is 4. The number of aliphatic hydroxyl groups is 1. The van der Waals surface area contributed by atoms with E-state index in [1.54, 1.807) is 0 Å². The number of fused-ring (bicyclic) bond motifs is 1. The van der Waals surface area contributed by atoms with Crippen LogP contribution in [0.15, 0.2) is 12.7 Å². The van der Waals surface area contributed by atoms with Gasteiger partial charge in [-0.3, -0.25) is 13.9 Å². The van der Waals surface area contributed by atoms with Gasteiger partial charge in [-0.1, -0.05) is 0 Å². The SMILES string of the molecule is CC(NC(=O)[C@H](C)N)C(=O)O[C@@H]1[C@H](OP(=O)(O)O)[C@@H](CO)O[C@H]1n1cnc2c(N)ncnc21. The van der Waals surface area contributed by atoms with Crippen LogP contribution in [0.1, 0.15) is 20.1 Å². The molecule has 0 aromatic carbocycles. The minimum absolute atomic E-state index is 0.0549. The number of imidazole rings is 1. The van der Waals surface area contributed by atoms with Gasteiger partial charge in [0.15, 0.2) is 23.8 Å². The monoisotopic (exact) mass is 489 g/mol. The first-order valence-corrected chi connectivity index (χ1v) is 11.2. The molecule has 3 rings (SSSR count). The lowest BCUT2D eigenvalue weighted by Gasteiger charge is -2.26. The van der Waals surface area contributed by atoms with E-state index in [-0.39, 0.29) is 17.0 Å². The fraction of sp³-hybridized carbons (Fsp3) is 0.562. The number of carbonyl (C=O) groups is 2. The van der Waals surface area contributed by atoms with Crippen LogP contribution in [0.4, 0.5) is 5.82 Å². The Balaban J connectivity index is 1.96. The Morgan fingerprint density at radius 3 is 2.61 bits per heavy atom. The lowest BCUT2D eigenvalue weighted by Crippen LogP contribution is -2.48. The molecule has 16 nitrogen and oxygen atoms in total. The van der Waals surface area contributed by atoms with Crippen molar-refractivity contribution < 1.29 is 43.0 Å². The van der Waals surface area contributed by atoms with Gasteiger partial charge in [-0.15, -0.1) is 0 Å². The number of nitrogens with two attached hydrogens (primary N) is 2. The number of ether oxygens (including phenoxy) is 2. The van der Waals surface area contributed by atoms with Crippen LogP contribution in [0.5, 0.6) is 0 Å². The summed E-state index contributed by atoms with van der Waals surface area (Å²) in [4.78, 5) is 55.1. The molecule has 3 heterocycles. The molecule has 2 aromatic heterocycles. The summed E-state index contributed by atoms with van der Waals surface area (Å²) in [5.41, 5.74) is 11.6. The first-order valence-electron chi connectivity index (χ1n) is 9.62. The predicted octanol–water partition coefficient (Wildman–Crippen LogP) is -2.46. The average molecular weight is 489 g/mol. The maximum absolute atomic E-state index is 12.7. The minimum Gasteiger partial charge on any atom is -0.453 e. The summed E-state index contributed by atoms with van der Waals surface area (Å²) < 4.78 is 28.8. The van der Waals surface area contributed by atoms with E-state index in [2.05, 4.69) is 20.3 Å². The number of esters is 1. The van der Waals surface area contributed by atoms with E-state index in [1.165, 1.54) is 24.7 Å². The summed E-state index contributed by atoms with van der Waals surface area (Å²) in [6, 6.07) is -2.07. The van der Waals surface area contributed by atoms with Gasteiger partial charge in [0.2, 0.25) is 5.91 Å². The third-order valence-corrected chi connectivity index (χ3v) is 5.28. The van der Waals surface area contributed by atoms with Crippen LogP contribution >= 0.6 is 7.82 Å². The second-order valence-electron chi connectivity index (χ2n) is 7.31. The van der Waals surface area contributed by atoms with Crippen molar-refractivity contribution >= 4 is 36.7 Å². The Hall–Kier alpha value is -2.72. The standard InChI is InChI=1S/C16H24N7O9P/c1-6(17)14(25)22-7(2)16(26)31-11-10(32-33(27,28)29)8(3-24)30-15(11)23-5-21-9-12(18)19-4-20-13(9)23/h4-8,10-11,15,24H,3,17H2,1-2H3,(H,22,25)(H2,18,19,20)(H2,27,28,29)/t6-,7?,8+,10+,11+,15+/m0/s1. The van der Waals surface area contributed by atoms with Crippen molar-refractivity contribution in [3.05, 3.63) is 12.7 Å². The van der Waals surface area contributed by atoms with Crippen LogP contribution in [0.2, 0.25) is 0 Å². The van der Waals surface area contributed by atoms with Crippen molar-refractivity contribution in [3.8, 4) is 0 Å². The summed E-state index contributed by atoms with van der Waals surface area (Å²) >= 11 is 0. The molecular weight excluding hydrogens is 465 g/mol. The van der Waals surface area contributed by atoms with Gasteiger partial charge in [-0.25, -0.2) is 24.3 Å².